The summed E-state index contributed by atoms with van der Waals surface area (Å²) < 4.78 is 5.25. The van der Waals surface area contributed by atoms with Crippen molar-refractivity contribution < 1.29 is 29.5 Å². The Morgan fingerprint density at radius 1 is 1.11 bits per heavy atom. The molecule has 4 N–H and O–H groups in total. The molecule has 0 aliphatic heterocycles. The van der Waals surface area contributed by atoms with E-state index >= 15 is 0 Å². The molecule has 0 radical (unpaired) electrons. The molecule has 0 bridgehead atoms. The molecule has 28 heavy (non-hydrogen) atoms. The highest BCUT2D eigenvalue weighted by atomic mass is 16.8. The minimum Gasteiger partial charge on any atom is -0.463 e. The van der Waals surface area contributed by atoms with Gasteiger partial charge < -0.3 is 10.5 Å². The molecule has 0 fully saturated rings. The first-order chi connectivity index (χ1) is 13.0. The van der Waals surface area contributed by atoms with Crippen molar-refractivity contribution in [3.8, 4) is 0 Å². The third kappa shape index (κ3) is 6.31. The molecule has 0 aliphatic rings. The summed E-state index contributed by atoms with van der Waals surface area (Å²) in [6.45, 7) is 7.13. The van der Waals surface area contributed by atoms with Crippen molar-refractivity contribution in [2.24, 2.45) is 17.1 Å². The molecule has 1 rings (SSSR count). The maximum absolute atomic E-state index is 12.7. The van der Waals surface area contributed by atoms with Crippen LogP contribution >= 0.6 is 0 Å². The zero-order valence-corrected chi connectivity index (χ0v) is 16.8. The molecular weight excluding hydrogens is 364 g/mol. The second kappa shape index (κ2) is 10.2. The van der Waals surface area contributed by atoms with Crippen LogP contribution in [0.25, 0.3) is 0 Å². The first-order valence-corrected chi connectivity index (χ1v) is 9.24. The van der Waals surface area contributed by atoms with Gasteiger partial charge in [-0.05, 0) is 31.7 Å². The lowest BCUT2D eigenvalue weighted by Crippen LogP contribution is -2.47. The number of benzene rings is 1. The molecule has 0 aliphatic carbocycles. The number of primary amides is 1. The largest absolute Gasteiger partial charge is 0.463 e. The van der Waals surface area contributed by atoms with Gasteiger partial charge in [0.15, 0.2) is 0 Å². The van der Waals surface area contributed by atoms with Crippen LogP contribution in [0, 0.1) is 11.3 Å². The van der Waals surface area contributed by atoms with Crippen LogP contribution in [0.2, 0.25) is 0 Å². The Labute approximate surface area is 165 Å². The average Bonchev–Trinajstić information content (AvgIpc) is 2.58. The first kappa shape index (κ1) is 23.6. The number of carbonyl (C=O) groups is 3. The molecule has 156 valence electrons. The number of nitrogens with two attached hydrogens (primary N) is 1. The van der Waals surface area contributed by atoms with Crippen molar-refractivity contribution in [1.82, 2.24) is 5.23 Å². The van der Waals surface area contributed by atoms with Gasteiger partial charge in [-0.3, -0.25) is 24.8 Å². The number of amides is 2. The number of hydrogen-bond donors (Lipinski definition) is 3. The van der Waals surface area contributed by atoms with E-state index in [-0.39, 0.29) is 24.9 Å². The Morgan fingerprint density at radius 3 is 2.11 bits per heavy atom. The highest BCUT2D eigenvalue weighted by molar-refractivity contribution is 5.89. The van der Waals surface area contributed by atoms with Crippen LogP contribution in [-0.2, 0) is 19.1 Å². The smallest absolute Gasteiger partial charge is 0.306 e. The number of carbonyl (C=O) groups excluding carboxylic acids is 3. The second-order valence-electron chi connectivity index (χ2n) is 7.68. The van der Waals surface area contributed by atoms with Gasteiger partial charge in [0.1, 0.15) is 0 Å². The summed E-state index contributed by atoms with van der Waals surface area (Å²) in [5, 5.41) is 17.7. The second-order valence-corrected chi connectivity index (χ2v) is 7.68. The molecule has 2 amide bonds. The van der Waals surface area contributed by atoms with Crippen LogP contribution in [0.4, 0.5) is 0 Å². The van der Waals surface area contributed by atoms with Gasteiger partial charge in [-0.1, -0.05) is 49.4 Å². The summed E-state index contributed by atoms with van der Waals surface area (Å²) in [5.41, 5.74) is 4.89. The maximum Gasteiger partial charge on any atom is 0.306 e. The molecule has 0 spiro atoms. The van der Waals surface area contributed by atoms with Crippen molar-refractivity contribution in [3.63, 3.8) is 0 Å². The Kier molecular flexibility index (Phi) is 8.59. The van der Waals surface area contributed by atoms with Crippen molar-refractivity contribution >= 4 is 17.8 Å². The number of esters is 1. The number of hydrogen-bond acceptors (Lipinski definition) is 6. The van der Waals surface area contributed by atoms with Crippen molar-refractivity contribution in [2.75, 3.05) is 0 Å². The van der Waals surface area contributed by atoms with Gasteiger partial charge in [-0.2, -0.15) is 0 Å². The monoisotopic (exact) mass is 394 g/mol. The third-order valence-electron chi connectivity index (χ3n) is 4.56. The molecule has 8 nitrogen and oxygen atoms in total. The summed E-state index contributed by atoms with van der Waals surface area (Å²) in [7, 11) is 0. The highest BCUT2D eigenvalue weighted by Crippen LogP contribution is 2.46. The van der Waals surface area contributed by atoms with Gasteiger partial charge in [-0.25, -0.2) is 0 Å². The Balaban J connectivity index is 3.52. The average molecular weight is 394 g/mol. The van der Waals surface area contributed by atoms with Crippen LogP contribution in [0.15, 0.2) is 30.3 Å². The van der Waals surface area contributed by atoms with E-state index in [4.69, 9.17) is 20.9 Å². The molecule has 1 unspecified atom stereocenters. The minimum absolute atomic E-state index is 0.0570. The topological polar surface area (TPSA) is 130 Å². The van der Waals surface area contributed by atoms with E-state index in [1.807, 2.05) is 13.8 Å². The normalized spacial score (nSPS) is 14.4. The number of nitrogens with zero attached hydrogens (tertiary/aromatic N) is 1. The van der Waals surface area contributed by atoms with Gasteiger partial charge >= 0.3 is 5.97 Å². The molecule has 1 aromatic carbocycles. The van der Waals surface area contributed by atoms with Crippen molar-refractivity contribution in [2.45, 2.75) is 59.0 Å². The molecule has 0 heterocycles. The number of ether oxygens (including phenoxy) is 1. The zero-order chi connectivity index (χ0) is 21.5. The molecule has 0 aromatic heterocycles. The van der Waals surface area contributed by atoms with Gasteiger partial charge in [0.25, 0.3) is 5.91 Å². The molecule has 1 aromatic rings. The standard InChI is InChI=1S/C20H30N2O6/c1-13(2)11-20(19(21)25,12-17(23)22(26)27)16(10-18(24)28-14(3)4)15-8-6-5-7-9-15/h5-9,13-14,16,26-27H,10-12H2,1-4H3,(H2,21,25)/t16?,20-/m0/s1. The lowest BCUT2D eigenvalue weighted by atomic mass is 9.63. The van der Waals surface area contributed by atoms with Gasteiger partial charge in [0.05, 0.1) is 17.9 Å². The number of rotatable bonds is 10. The predicted molar refractivity (Wildman–Crippen MR) is 101 cm³/mol. The fourth-order valence-electron chi connectivity index (χ4n) is 3.56. The van der Waals surface area contributed by atoms with Crippen LogP contribution in [0.5, 0.6) is 0 Å². The summed E-state index contributed by atoms with van der Waals surface area (Å²) in [6.07, 6.45) is -0.899. The van der Waals surface area contributed by atoms with E-state index < -0.39 is 40.8 Å². The lowest BCUT2D eigenvalue weighted by molar-refractivity contribution is -0.286. The Bertz CT molecular complexity index is 675. The highest BCUT2D eigenvalue weighted by Gasteiger charge is 2.48. The lowest BCUT2D eigenvalue weighted by Gasteiger charge is -2.39. The van der Waals surface area contributed by atoms with E-state index in [9.17, 15) is 14.4 Å². The summed E-state index contributed by atoms with van der Waals surface area (Å²) in [6, 6.07) is 8.78. The van der Waals surface area contributed by atoms with Crippen LogP contribution in [0.3, 0.4) is 0 Å². The van der Waals surface area contributed by atoms with E-state index in [2.05, 4.69) is 0 Å². The number of hydroxylamine groups is 2. The summed E-state index contributed by atoms with van der Waals surface area (Å²) in [5.74, 6) is -3.24. The fraction of sp³-hybridized carbons (Fsp3) is 0.550. The van der Waals surface area contributed by atoms with Gasteiger partial charge in [0, 0.05) is 12.3 Å². The van der Waals surface area contributed by atoms with E-state index in [0.29, 0.717) is 5.56 Å². The van der Waals surface area contributed by atoms with E-state index in [1.165, 1.54) is 0 Å². The van der Waals surface area contributed by atoms with Crippen molar-refractivity contribution in [1.29, 1.82) is 0 Å². The van der Waals surface area contributed by atoms with Crippen molar-refractivity contribution in [3.05, 3.63) is 35.9 Å². The van der Waals surface area contributed by atoms with E-state index in [0.717, 1.165) is 0 Å². The fourth-order valence-corrected chi connectivity index (χ4v) is 3.56. The molecule has 0 saturated heterocycles. The van der Waals surface area contributed by atoms with E-state index in [1.54, 1.807) is 44.2 Å². The molecule has 2 atom stereocenters. The van der Waals surface area contributed by atoms with Crippen LogP contribution < -0.4 is 5.73 Å². The van der Waals surface area contributed by atoms with Gasteiger partial charge in [0.2, 0.25) is 5.91 Å². The summed E-state index contributed by atoms with van der Waals surface area (Å²) in [4.78, 5) is 37.3. The SMILES string of the molecule is CC(C)C[C@@](CC(=O)N(O)O)(C(N)=O)C(CC(=O)OC(C)C)c1ccccc1. The van der Waals surface area contributed by atoms with Crippen LogP contribution in [0.1, 0.15) is 58.4 Å². The van der Waals surface area contributed by atoms with Gasteiger partial charge in [-0.15, -0.1) is 0 Å². The Hall–Kier alpha value is -2.45. The summed E-state index contributed by atoms with van der Waals surface area (Å²) >= 11 is 0. The molecule has 0 saturated carbocycles. The Morgan fingerprint density at radius 2 is 1.68 bits per heavy atom. The van der Waals surface area contributed by atoms with Crippen LogP contribution in [-0.4, -0.2) is 39.5 Å². The third-order valence-corrected chi connectivity index (χ3v) is 4.56. The first-order valence-electron chi connectivity index (χ1n) is 9.24. The maximum atomic E-state index is 12.7. The predicted octanol–water partition coefficient (Wildman–Crippen LogP) is 2.63. The zero-order valence-electron chi connectivity index (χ0n) is 16.8. The quantitative estimate of drug-likeness (QED) is 0.318. The molecule has 8 heteroatoms. The minimum atomic E-state index is -1.51. The molecular formula is C20H30N2O6.